The molecule has 0 spiro atoms. The number of hydrogen-bond donors (Lipinski definition) is 1. The maximum absolute atomic E-state index is 11.8. The van der Waals surface area contributed by atoms with E-state index >= 15 is 0 Å². The highest BCUT2D eigenvalue weighted by atomic mass is 16.4. The standard InChI is InChI=1S/C13H13NO3/c1-3-14-8(2)11-12(15)9-6-4-5-7-10(9)17-13(11)16/h4-7,15H,3H2,1-2H3. The molecule has 4 nitrogen and oxygen atoms in total. The first-order valence-corrected chi connectivity index (χ1v) is 5.41. The van der Waals surface area contributed by atoms with E-state index in [1.807, 2.05) is 6.92 Å². The van der Waals surface area contributed by atoms with Crippen LogP contribution in [-0.4, -0.2) is 17.4 Å². The van der Waals surface area contributed by atoms with Crippen LogP contribution in [0.4, 0.5) is 0 Å². The second kappa shape index (κ2) is 4.41. The minimum atomic E-state index is -0.559. The Morgan fingerprint density at radius 2 is 2.12 bits per heavy atom. The molecule has 88 valence electrons. The van der Waals surface area contributed by atoms with Crippen molar-refractivity contribution in [3.63, 3.8) is 0 Å². The van der Waals surface area contributed by atoms with Crippen LogP contribution >= 0.6 is 0 Å². The molecule has 1 aromatic heterocycles. The fourth-order valence-electron chi connectivity index (χ4n) is 1.77. The van der Waals surface area contributed by atoms with Gasteiger partial charge in [-0.2, -0.15) is 0 Å². The van der Waals surface area contributed by atoms with Gasteiger partial charge in [0.15, 0.2) is 0 Å². The largest absolute Gasteiger partial charge is 0.506 e. The van der Waals surface area contributed by atoms with E-state index in [9.17, 15) is 9.90 Å². The Morgan fingerprint density at radius 3 is 2.82 bits per heavy atom. The molecule has 0 aliphatic carbocycles. The molecule has 0 aliphatic heterocycles. The maximum Gasteiger partial charge on any atom is 0.349 e. The van der Waals surface area contributed by atoms with Crippen LogP contribution in [0.15, 0.2) is 38.5 Å². The molecule has 0 radical (unpaired) electrons. The second-order valence-electron chi connectivity index (χ2n) is 3.67. The SMILES string of the molecule is CCN=C(C)c1c(O)c2ccccc2oc1=O. The molecule has 1 aromatic carbocycles. The smallest absolute Gasteiger partial charge is 0.349 e. The number of aliphatic imine (C=N–C) groups is 1. The summed E-state index contributed by atoms with van der Waals surface area (Å²) >= 11 is 0. The fourth-order valence-corrected chi connectivity index (χ4v) is 1.77. The van der Waals surface area contributed by atoms with Crippen LogP contribution in [0.3, 0.4) is 0 Å². The molecular formula is C13H13NO3. The van der Waals surface area contributed by atoms with Gasteiger partial charge in [0.2, 0.25) is 0 Å². The third-order valence-electron chi connectivity index (χ3n) is 2.54. The molecule has 0 unspecified atom stereocenters. The zero-order valence-electron chi connectivity index (χ0n) is 9.73. The Bertz CT molecular complexity index is 641. The molecule has 0 saturated heterocycles. The molecular weight excluding hydrogens is 218 g/mol. The molecule has 1 N–H and O–H groups in total. The average Bonchev–Trinajstić information content (AvgIpc) is 2.29. The van der Waals surface area contributed by atoms with Gasteiger partial charge in [-0.25, -0.2) is 4.79 Å². The van der Waals surface area contributed by atoms with Crippen molar-refractivity contribution >= 4 is 16.7 Å². The fraction of sp³-hybridized carbons (Fsp3) is 0.231. The van der Waals surface area contributed by atoms with Crippen LogP contribution in [0.5, 0.6) is 5.75 Å². The molecule has 0 amide bonds. The Hall–Kier alpha value is -2.10. The summed E-state index contributed by atoms with van der Waals surface area (Å²) < 4.78 is 5.14. The van der Waals surface area contributed by atoms with E-state index < -0.39 is 5.63 Å². The summed E-state index contributed by atoms with van der Waals surface area (Å²) in [5.41, 5.74) is 0.453. The zero-order valence-corrected chi connectivity index (χ0v) is 9.73. The van der Waals surface area contributed by atoms with Crippen LogP contribution in [0.1, 0.15) is 19.4 Å². The van der Waals surface area contributed by atoms with Gasteiger partial charge < -0.3 is 9.52 Å². The highest BCUT2D eigenvalue weighted by molar-refractivity contribution is 6.04. The van der Waals surface area contributed by atoms with Crippen LogP contribution in [0, 0.1) is 0 Å². The predicted molar refractivity (Wildman–Crippen MR) is 66.9 cm³/mol. The Kier molecular flexibility index (Phi) is 2.95. The summed E-state index contributed by atoms with van der Waals surface area (Å²) in [5, 5.41) is 10.6. The average molecular weight is 231 g/mol. The molecule has 4 heteroatoms. The number of benzene rings is 1. The number of para-hydroxylation sites is 1. The van der Waals surface area contributed by atoms with Crippen molar-refractivity contribution in [2.75, 3.05) is 6.54 Å². The lowest BCUT2D eigenvalue weighted by Crippen LogP contribution is -2.13. The lowest BCUT2D eigenvalue weighted by Gasteiger charge is -2.05. The third kappa shape index (κ3) is 1.93. The molecule has 1 heterocycles. The molecule has 0 bridgehead atoms. The summed E-state index contributed by atoms with van der Waals surface area (Å²) in [6, 6.07) is 6.87. The minimum absolute atomic E-state index is 0.0634. The van der Waals surface area contributed by atoms with Gasteiger partial charge in [-0.3, -0.25) is 4.99 Å². The monoisotopic (exact) mass is 231 g/mol. The van der Waals surface area contributed by atoms with Crippen LogP contribution in [0.2, 0.25) is 0 Å². The minimum Gasteiger partial charge on any atom is -0.506 e. The topological polar surface area (TPSA) is 62.8 Å². The van der Waals surface area contributed by atoms with Gasteiger partial charge in [-0.05, 0) is 26.0 Å². The Balaban J connectivity index is 2.81. The van der Waals surface area contributed by atoms with Crippen LogP contribution < -0.4 is 5.63 Å². The molecule has 0 fully saturated rings. The highest BCUT2D eigenvalue weighted by Crippen LogP contribution is 2.26. The van der Waals surface area contributed by atoms with Crippen LogP contribution in [-0.2, 0) is 0 Å². The number of nitrogens with zero attached hydrogens (tertiary/aromatic N) is 1. The lowest BCUT2D eigenvalue weighted by molar-refractivity contribution is 0.466. The van der Waals surface area contributed by atoms with Gasteiger partial charge >= 0.3 is 5.63 Å². The van der Waals surface area contributed by atoms with Gasteiger partial charge in [-0.15, -0.1) is 0 Å². The van der Waals surface area contributed by atoms with Gasteiger partial charge in [0.25, 0.3) is 0 Å². The number of fused-ring (bicyclic) bond motifs is 1. The van der Waals surface area contributed by atoms with Crippen LogP contribution in [0.25, 0.3) is 11.0 Å². The third-order valence-corrected chi connectivity index (χ3v) is 2.54. The number of hydrogen-bond acceptors (Lipinski definition) is 4. The quantitative estimate of drug-likeness (QED) is 0.637. The lowest BCUT2D eigenvalue weighted by atomic mass is 10.1. The molecule has 17 heavy (non-hydrogen) atoms. The van der Waals surface area contributed by atoms with Crippen molar-refractivity contribution in [3.05, 3.63) is 40.2 Å². The summed E-state index contributed by atoms with van der Waals surface area (Å²) in [6.45, 7) is 4.10. The first-order valence-electron chi connectivity index (χ1n) is 5.41. The van der Waals surface area contributed by atoms with Gasteiger partial charge in [0.05, 0.1) is 11.1 Å². The van der Waals surface area contributed by atoms with Crippen molar-refractivity contribution in [1.82, 2.24) is 0 Å². The van der Waals surface area contributed by atoms with Crippen molar-refractivity contribution < 1.29 is 9.52 Å². The summed E-state index contributed by atoms with van der Waals surface area (Å²) in [7, 11) is 0. The van der Waals surface area contributed by atoms with E-state index in [0.717, 1.165) is 0 Å². The van der Waals surface area contributed by atoms with Gasteiger partial charge in [-0.1, -0.05) is 12.1 Å². The molecule has 0 atom stereocenters. The van der Waals surface area contributed by atoms with Crippen molar-refractivity contribution in [3.8, 4) is 5.75 Å². The molecule has 2 aromatic rings. The van der Waals surface area contributed by atoms with Gasteiger partial charge in [0.1, 0.15) is 16.9 Å². The molecule has 2 rings (SSSR count). The second-order valence-corrected chi connectivity index (χ2v) is 3.67. The van der Waals surface area contributed by atoms with E-state index in [4.69, 9.17) is 4.42 Å². The van der Waals surface area contributed by atoms with E-state index in [1.54, 1.807) is 31.2 Å². The van der Waals surface area contributed by atoms with Gasteiger partial charge in [0, 0.05) is 6.54 Å². The summed E-state index contributed by atoms with van der Waals surface area (Å²) in [5.74, 6) is -0.0634. The van der Waals surface area contributed by atoms with Crippen molar-refractivity contribution in [1.29, 1.82) is 0 Å². The number of rotatable bonds is 2. The van der Waals surface area contributed by atoms with E-state index in [1.165, 1.54) is 0 Å². The maximum atomic E-state index is 11.8. The number of aromatic hydroxyl groups is 1. The molecule has 0 aliphatic rings. The van der Waals surface area contributed by atoms with E-state index in [2.05, 4.69) is 4.99 Å². The van der Waals surface area contributed by atoms with E-state index in [0.29, 0.717) is 23.2 Å². The first kappa shape index (κ1) is 11.4. The highest BCUT2D eigenvalue weighted by Gasteiger charge is 2.15. The Labute approximate surface area is 98.2 Å². The predicted octanol–water partition coefficient (Wildman–Crippen LogP) is 2.33. The van der Waals surface area contributed by atoms with E-state index in [-0.39, 0.29) is 11.3 Å². The summed E-state index contributed by atoms with van der Waals surface area (Å²) in [4.78, 5) is 15.9. The normalized spacial score (nSPS) is 12.0. The zero-order chi connectivity index (χ0) is 12.4. The molecule has 0 saturated carbocycles. The summed E-state index contributed by atoms with van der Waals surface area (Å²) in [6.07, 6.45) is 0. The van der Waals surface area contributed by atoms with Crippen molar-refractivity contribution in [2.45, 2.75) is 13.8 Å². The Morgan fingerprint density at radius 1 is 1.41 bits per heavy atom. The van der Waals surface area contributed by atoms with Crippen molar-refractivity contribution in [2.24, 2.45) is 4.99 Å². The first-order chi connectivity index (χ1) is 8.15.